The zero-order valence-electron chi connectivity index (χ0n) is 31.2. The van der Waals surface area contributed by atoms with Crippen LogP contribution in [-0.4, -0.2) is 22.6 Å². The molecular formula is C52H38N4Si. The van der Waals surface area contributed by atoms with Crippen LogP contribution in [0, 0.1) is 0 Å². The van der Waals surface area contributed by atoms with Crippen molar-refractivity contribution in [3.05, 3.63) is 231 Å². The number of para-hydroxylation sites is 4. The van der Waals surface area contributed by atoms with Crippen LogP contribution in [0.25, 0.3) is 39.0 Å². The van der Waals surface area contributed by atoms with Gasteiger partial charge in [0.15, 0.2) is 8.07 Å². The van der Waals surface area contributed by atoms with Crippen LogP contribution < -0.4 is 25.6 Å². The number of benzene rings is 8. The van der Waals surface area contributed by atoms with E-state index in [9.17, 15) is 0 Å². The van der Waals surface area contributed by atoms with E-state index >= 15 is 0 Å². The number of anilines is 3. The first kappa shape index (κ1) is 34.2. The predicted octanol–water partition coefficient (Wildman–Crippen LogP) is 10.1. The van der Waals surface area contributed by atoms with Gasteiger partial charge in [0.05, 0.1) is 16.7 Å². The van der Waals surface area contributed by atoms with Crippen molar-refractivity contribution in [1.29, 1.82) is 0 Å². The first-order chi connectivity index (χ1) is 28.3. The Labute approximate surface area is 333 Å². The van der Waals surface area contributed by atoms with Crippen molar-refractivity contribution in [2.45, 2.75) is 0 Å². The maximum Gasteiger partial charge on any atom is 0.237 e. The van der Waals surface area contributed by atoms with Gasteiger partial charge < -0.3 is 0 Å². The van der Waals surface area contributed by atoms with Gasteiger partial charge in [0.25, 0.3) is 0 Å². The van der Waals surface area contributed by atoms with Crippen LogP contribution in [0.5, 0.6) is 0 Å². The van der Waals surface area contributed by atoms with E-state index in [1.165, 1.54) is 20.7 Å². The highest BCUT2D eigenvalue weighted by atomic mass is 28.3. The molecule has 0 bridgehead atoms. The van der Waals surface area contributed by atoms with Gasteiger partial charge in [-0.05, 0) is 57.1 Å². The average molecular weight is 747 g/mol. The summed E-state index contributed by atoms with van der Waals surface area (Å²) in [6, 6.07) is 82.4. The number of fused-ring (bicyclic) bond motifs is 3. The molecule has 10 aromatic rings. The summed E-state index contributed by atoms with van der Waals surface area (Å²) in [6.45, 7) is 0. The fraction of sp³-hybridized carbons (Fsp3) is 0. The molecule has 0 saturated heterocycles. The SMILES string of the molecule is c1ccc(N(c2ccccc2)c2cc(-c3cccc([Si](c4ccccc4)(c4ccccc4)c4ccccc4)c3)nc(-n3c4ccccc4c4ccccc43)n2)cc1. The Morgan fingerprint density at radius 2 is 0.789 bits per heavy atom. The molecule has 8 aromatic carbocycles. The zero-order chi connectivity index (χ0) is 38.0. The standard InChI is InChI=1S/C52H38N4Si/c1-6-22-40(23-7-1)55(41-24-8-2-9-25-41)51-38-48(53-52(54-51)56-49-35-18-16-33-46(49)47-34-17-19-36-50(47)56)39-21-20-32-45(37-39)57(42-26-10-3-11-27-42,43-28-12-4-13-29-43)44-30-14-5-15-31-44/h1-38H. The average Bonchev–Trinajstić information content (AvgIpc) is 3.63. The van der Waals surface area contributed by atoms with Crippen LogP contribution in [-0.2, 0) is 0 Å². The Kier molecular flexibility index (Phi) is 8.82. The van der Waals surface area contributed by atoms with Crippen molar-refractivity contribution >= 4 is 67.8 Å². The van der Waals surface area contributed by atoms with E-state index < -0.39 is 8.07 Å². The summed E-state index contributed by atoms with van der Waals surface area (Å²) in [7, 11) is -2.80. The molecule has 0 aliphatic rings. The van der Waals surface area contributed by atoms with Gasteiger partial charge in [-0.25, -0.2) is 4.98 Å². The first-order valence-electron chi connectivity index (χ1n) is 19.3. The van der Waals surface area contributed by atoms with Crippen LogP contribution in [0.15, 0.2) is 231 Å². The molecular weight excluding hydrogens is 709 g/mol. The van der Waals surface area contributed by atoms with E-state index in [4.69, 9.17) is 9.97 Å². The minimum atomic E-state index is -2.80. The highest BCUT2D eigenvalue weighted by Gasteiger charge is 2.41. The molecule has 0 aliphatic heterocycles. The second kappa shape index (κ2) is 14.7. The molecule has 0 N–H and O–H groups in total. The van der Waals surface area contributed by atoms with Gasteiger partial charge >= 0.3 is 0 Å². The molecule has 4 nitrogen and oxygen atoms in total. The van der Waals surface area contributed by atoms with E-state index in [1.54, 1.807) is 0 Å². The van der Waals surface area contributed by atoms with Gasteiger partial charge in [0.1, 0.15) is 5.82 Å². The van der Waals surface area contributed by atoms with E-state index in [0.717, 1.165) is 50.3 Å². The van der Waals surface area contributed by atoms with Crippen LogP contribution in [0.4, 0.5) is 17.2 Å². The van der Waals surface area contributed by atoms with Crippen molar-refractivity contribution in [2.75, 3.05) is 4.90 Å². The van der Waals surface area contributed by atoms with E-state index in [-0.39, 0.29) is 0 Å². The Balaban J connectivity index is 1.27. The molecule has 2 aromatic heterocycles. The van der Waals surface area contributed by atoms with Gasteiger partial charge in [-0.2, -0.15) is 4.98 Å². The number of nitrogens with zero attached hydrogens (tertiary/aromatic N) is 4. The lowest BCUT2D eigenvalue weighted by atomic mass is 10.1. The second-order valence-corrected chi connectivity index (χ2v) is 18.0. The third-order valence-corrected chi connectivity index (χ3v) is 15.7. The monoisotopic (exact) mass is 746 g/mol. The smallest absolute Gasteiger partial charge is 0.237 e. The third-order valence-electron chi connectivity index (χ3n) is 11.0. The van der Waals surface area contributed by atoms with Crippen LogP contribution in [0.2, 0.25) is 0 Å². The van der Waals surface area contributed by atoms with Crippen molar-refractivity contribution in [1.82, 2.24) is 14.5 Å². The maximum absolute atomic E-state index is 5.50. The molecule has 270 valence electrons. The molecule has 0 radical (unpaired) electrons. The summed E-state index contributed by atoms with van der Waals surface area (Å²) in [5, 5.41) is 7.59. The lowest BCUT2D eigenvalue weighted by molar-refractivity contribution is 0.981. The number of aromatic nitrogens is 3. The predicted molar refractivity (Wildman–Crippen MR) is 240 cm³/mol. The molecule has 57 heavy (non-hydrogen) atoms. The molecule has 0 fully saturated rings. The highest BCUT2D eigenvalue weighted by molar-refractivity contribution is 7.19. The van der Waals surface area contributed by atoms with E-state index in [1.807, 2.05) is 0 Å². The van der Waals surface area contributed by atoms with Crippen molar-refractivity contribution in [2.24, 2.45) is 0 Å². The van der Waals surface area contributed by atoms with Crippen molar-refractivity contribution < 1.29 is 0 Å². The molecule has 0 amide bonds. The summed E-state index contributed by atoms with van der Waals surface area (Å²) in [4.78, 5) is 13.2. The molecule has 0 atom stereocenters. The highest BCUT2D eigenvalue weighted by Crippen LogP contribution is 2.37. The van der Waals surface area contributed by atoms with Crippen molar-refractivity contribution in [3.63, 3.8) is 0 Å². The number of hydrogen-bond acceptors (Lipinski definition) is 3. The Bertz CT molecular complexity index is 2760. The summed E-state index contributed by atoms with van der Waals surface area (Å²) in [6.07, 6.45) is 0. The molecule has 0 spiro atoms. The zero-order valence-corrected chi connectivity index (χ0v) is 32.2. The van der Waals surface area contributed by atoms with Crippen LogP contribution in [0.3, 0.4) is 0 Å². The normalized spacial score (nSPS) is 11.5. The molecule has 2 heterocycles. The molecule has 10 rings (SSSR count). The Morgan fingerprint density at radius 3 is 1.28 bits per heavy atom. The minimum absolute atomic E-state index is 0.611. The lowest BCUT2D eigenvalue weighted by Gasteiger charge is -2.34. The van der Waals surface area contributed by atoms with E-state index in [2.05, 4.69) is 240 Å². The number of hydrogen-bond donors (Lipinski definition) is 0. The summed E-state index contributed by atoms with van der Waals surface area (Å²) in [5.41, 5.74) is 6.01. The number of rotatable bonds is 9. The van der Waals surface area contributed by atoms with Gasteiger partial charge in [0.2, 0.25) is 5.95 Å². The van der Waals surface area contributed by atoms with Gasteiger partial charge in [0, 0.05) is 33.8 Å². The van der Waals surface area contributed by atoms with Gasteiger partial charge in [-0.15, -0.1) is 0 Å². The minimum Gasteiger partial charge on any atom is -0.295 e. The quantitative estimate of drug-likeness (QED) is 0.109. The Hall–Kier alpha value is -7.34. The molecule has 0 unspecified atom stereocenters. The third kappa shape index (κ3) is 6.02. The largest absolute Gasteiger partial charge is 0.295 e. The first-order valence-corrected chi connectivity index (χ1v) is 21.3. The molecule has 5 heteroatoms. The van der Waals surface area contributed by atoms with Gasteiger partial charge in [-0.3, -0.25) is 9.47 Å². The fourth-order valence-corrected chi connectivity index (χ4v) is 13.3. The maximum atomic E-state index is 5.50. The van der Waals surface area contributed by atoms with Crippen molar-refractivity contribution in [3.8, 4) is 17.2 Å². The summed E-state index contributed by atoms with van der Waals surface area (Å²) >= 11 is 0. The Morgan fingerprint density at radius 1 is 0.368 bits per heavy atom. The molecule has 0 aliphatic carbocycles. The lowest BCUT2D eigenvalue weighted by Crippen LogP contribution is -2.74. The molecule has 0 saturated carbocycles. The topological polar surface area (TPSA) is 34.0 Å². The second-order valence-electron chi connectivity index (χ2n) is 14.2. The van der Waals surface area contributed by atoms with Crippen LogP contribution in [0.1, 0.15) is 0 Å². The van der Waals surface area contributed by atoms with E-state index in [0.29, 0.717) is 5.95 Å². The van der Waals surface area contributed by atoms with Gasteiger partial charge in [-0.1, -0.05) is 188 Å². The fourth-order valence-electron chi connectivity index (χ4n) is 8.47. The summed E-state index contributed by atoms with van der Waals surface area (Å²) in [5.74, 6) is 1.39. The van der Waals surface area contributed by atoms with Crippen LogP contribution >= 0.6 is 0 Å². The summed E-state index contributed by atoms with van der Waals surface area (Å²) < 4.78 is 2.21.